The van der Waals surface area contributed by atoms with Gasteiger partial charge < -0.3 is 25.9 Å². The molecule has 5 N–H and O–H groups in total. The number of aromatic amines is 1. The second kappa shape index (κ2) is 5.59. The van der Waals surface area contributed by atoms with E-state index in [0.717, 1.165) is 0 Å². The van der Waals surface area contributed by atoms with Gasteiger partial charge in [-0.05, 0) is 20.8 Å². The number of hydrogen-bond acceptors (Lipinski definition) is 5. The summed E-state index contributed by atoms with van der Waals surface area (Å²) in [5.74, 6) is -0.976. The molecule has 0 spiro atoms. The maximum absolute atomic E-state index is 11.5. The van der Waals surface area contributed by atoms with E-state index in [1.54, 1.807) is 20.8 Å². The van der Waals surface area contributed by atoms with Gasteiger partial charge in [0.2, 0.25) is 0 Å². The first kappa shape index (κ1) is 14.8. The molecule has 0 aliphatic carbocycles. The molecule has 0 saturated carbocycles. The third-order valence-electron chi connectivity index (χ3n) is 2.06. The number of carboxylic acids is 1. The molecule has 8 heteroatoms. The summed E-state index contributed by atoms with van der Waals surface area (Å²) >= 11 is 0. The molecular weight excluding hydrogens is 252 g/mol. The predicted octanol–water partition coefficient (Wildman–Crippen LogP) is 0.512. The van der Waals surface area contributed by atoms with Crippen molar-refractivity contribution >= 4 is 18.0 Å². The van der Waals surface area contributed by atoms with Crippen LogP contribution in [0.1, 0.15) is 26.5 Å². The molecule has 0 radical (unpaired) electrons. The number of carbonyl (C=O) groups is 2. The predicted molar refractivity (Wildman–Crippen MR) is 67.5 cm³/mol. The molecule has 0 bridgehead atoms. The van der Waals surface area contributed by atoms with Crippen LogP contribution in [0.15, 0.2) is 6.20 Å². The number of nitrogen functional groups attached to an aromatic ring is 1. The second-order valence-electron chi connectivity index (χ2n) is 5.03. The summed E-state index contributed by atoms with van der Waals surface area (Å²) in [6.07, 6.45) is 0.674. The van der Waals surface area contributed by atoms with Gasteiger partial charge in [-0.15, -0.1) is 0 Å². The van der Waals surface area contributed by atoms with Crippen molar-refractivity contribution in [1.29, 1.82) is 0 Å². The quantitative estimate of drug-likeness (QED) is 0.630. The maximum atomic E-state index is 11.5. The fraction of sp³-hybridized carbons (Fsp3) is 0.545. The summed E-state index contributed by atoms with van der Waals surface area (Å²) < 4.78 is 5.00. The number of rotatable bonds is 4. The number of nitrogens with two attached hydrogens (primary N) is 1. The molecule has 1 atom stereocenters. The number of nitrogens with one attached hydrogen (secondary N) is 2. The highest BCUT2D eigenvalue weighted by atomic mass is 16.6. The number of alkyl carbamates (subject to hydrolysis) is 1. The van der Waals surface area contributed by atoms with Crippen molar-refractivity contribution in [3.63, 3.8) is 0 Å². The van der Waals surface area contributed by atoms with Crippen LogP contribution < -0.4 is 11.1 Å². The smallest absolute Gasteiger partial charge is 0.408 e. The fourth-order valence-corrected chi connectivity index (χ4v) is 1.35. The van der Waals surface area contributed by atoms with Gasteiger partial charge in [-0.1, -0.05) is 0 Å². The molecule has 1 amide bonds. The number of anilines is 1. The Bertz CT molecular complexity index is 464. The van der Waals surface area contributed by atoms with Gasteiger partial charge in [-0.25, -0.2) is 14.6 Å². The van der Waals surface area contributed by atoms with E-state index in [0.29, 0.717) is 5.69 Å². The van der Waals surface area contributed by atoms with Gasteiger partial charge >= 0.3 is 12.1 Å². The number of ether oxygens (including phenoxy) is 1. The van der Waals surface area contributed by atoms with Crippen molar-refractivity contribution in [1.82, 2.24) is 15.3 Å². The molecule has 0 fully saturated rings. The minimum absolute atomic E-state index is 0.0405. The molecule has 1 rings (SSSR count). The monoisotopic (exact) mass is 270 g/mol. The topological polar surface area (TPSA) is 130 Å². The molecule has 8 nitrogen and oxygen atoms in total. The Morgan fingerprint density at radius 2 is 2.21 bits per heavy atom. The van der Waals surface area contributed by atoms with Crippen LogP contribution in [-0.2, 0) is 16.0 Å². The van der Waals surface area contributed by atoms with Crippen LogP contribution in [0.4, 0.5) is 10.7 Å². The molecule has 1 heterocycles. The van der Waals surface area contributed by atoms with Crippen LogP contribution in [0.25, 0.3) is 0 Å². The van der Waals surface area contributed by atoms with Gasteiger partial charge in [0.1, 0.15) is 11.6 Å². The number of amides is 1. The van der Waals surface area contributed by atoms with Gasteiger partial charge in [0.05, 0.1) is 6.20 Å². The van der Waals surface area contributed by atoms with Crippen molar-refractivity contribution in [2.45, 2.75) is 38.8 Å². The highest BCUT2D eigenvalue weighted by Gasteiger charge is 2.24. The van der Waals surface area contributed by atoms with Gasteiger partial charge in [0, 0.05) is 12.1 Å². The van der Waals surface area contributed by atoms with E-state index in [4.69, 9.17) is 15.6 Å². The van der Waals surface area contributed by atoms with Crippen LogP contribution in [0.3, 0.4) is 0 Å². The number of aliphatic carboxylic acids is 1. The normalized spacial score (nSPS) is 12.8. The zero-order chi connectivity index (χ0) is 14.6. The van der Waals surface area contributed by atoms with Crippen LogP contribution in [0, 0.1) is 0 Å². The minimum Gasteiger partial charge on any atom is -0.480 e. The van der Waals surface area contributed by atoms with Crippen molar-refractivity contribution in [3.05, 3.63) is 11.9 Å². The van der Waals surface area contributed by atoms with Crippen molar-refractivity contribution in [3.8, 4) is 0 Å². The molecule has 0 aliphatic rings. The van der Waals surface area contributed by atoms with E-state index in [2.05, 4.69) is 15.3 Å². The van der Waals surface area contributed by atoms with E-state index >= 15 is 0 Å². The zero-order valence-corrected chi connectivity index (χ0v) is 11.1. The first-order chi connectivity index (χ1) is 8.67. The molecule has 0 aromatic carbocycles. The number of carboxylic acid groups (broad SMARTS) is 1. The van der Waals surface area contributed by atoms with Crippen LogP contribution in [0.2, 0.25) is 0 Å². The van der Waals surface area contributed by atoms with Crippen LogP contribution in [-0.4, -0.2) is 38.8 Å². The van der Waals surface area contributed by atoms with E-state index in [1.807, 2.05) is 0 Å². The fourth-order valence-electron chi connectivity index (χ4n) is 1.35. The van der Waals surface area contributed by atoms with Gasteiger partial charge in [-0.3, -0.25) is 0 Å². The number of imidazole rings is 1. The van der Waals surface area contributed by atoms with E-state index in [1.165, 1.54) is 6.20 Å². The summed E-state index contributed by atoms with van der Waals surface area (Å²) in [4.78, 5) is 29.0. The van der Waals surface area contributed by atoms with E-state index < -0.39 is 23.7 Å². The molecule has 0 unspecified atom stereocenters. The lowest BCUT2D eigenvalue weighted by Crippen LogP contribution is -2.44. The number of aromatic nitrogens is 2. The average Bonchev–Trinajstić information content (AvgIpc) is 2.60. The molecule has 1 aromatic rings. The molecule has 0 saturated heterocycles. The van der Waals surface area contributed by atoms with Gasteiger partial charge in [0.25, 0.3) is 0 Å². The number of nitrogens with zero attached hydrogens (tertiary/aromatic N) is 1. The summed E-state index contributed by atoms with van der Waals surface area (Å²) in [5, 5.41) is 11.3. The summed E-state index contributed by atoms with van der Waals surface area (Å²) in [7, 11) is 0. The third kappa shape index (κ3) is 5.28. The lowest BCUT2D eigenvalue weighted by atomic mass is 10.1. The highest BCUT2D eigenvalue weighted by Crippen LogP contribution is 2.08. The van der Waals surface area contributed by atoms with Crippen molar-refractivity contribution in [2.75, 3.05) is 5.73 Å². The van der Waals surface area contributed by atoms with Crippen LogP contribution in [0.5, 0.6) is 0 Å². The van der Waals surface area contributed by atoms with Gasteiger partial charge in [0.15, 0.2) is 5.95 Å². The SMILES string of the molecule is CC(C)(C)OC(=O)N[C@@H](Cc1cnc(N)[nH]1)C(=O)O. The molecule has 106 valence electrons. The minimum atomic E-state index is -1.17. The Morgan fingerprint density at radius 1 is 1.58 bits per heavy atom. The first-order valence-corrected chi connectivity index (χ1v) is 5.69. The largest absolute Gasteiger partial charge is 0.480 e. The number of H-pyrrole nitrogens is 1. The Kier molecular flexibility index (Phi) is 4.36. The van der Waals surface area contributed by atoms with Gasteiger partial charge in [-0.2, -0.15) is 0 Å². The summed E-state index contributed by atoms with van der Waals surface area (Å²) in [6, 6.07) is -1.12. The average molecular weight is 270 g/mol. The lowest BCUT2D eigenvalue weighted by Gasteiger charge is -2.21. The summed E-state index contributed by atoms with van der Waals surface area (Å²) in [5.41, 5.74) is 5.21. The molecular formula is C11H18N4O4. The number of carbonyl (C=O) groups excluding carboxylic acids is 1. The Hall–Kier alpha value is -2.25. The first-order valence-electron chi connectivity index (χ1n) is 5.69. The Balaban J connectivity index is 2.63. The Morgan fingerprint density at radius 3 is 2.63 bits per heavy atom. The third-order valence-corrected chi connectivity index (χ3v) is 2.06. The second-order valence-corrected chi connectivity index (χ2v) is 5.03. The summed E-state index contributed by atoms with van der Waals surface area (Å²) in [6.45, 7) is 5.08. The highest BCUT2D eigenvalue weighted by molar-refractivity contribution is 5.80. The molecule has 19 heavy (non-hydrogen) atoms. The maximum Gasteiger partial charge on any atom is 0.408 e. The number of hydrogen-bond donors (Lipinski definition) is 4. The van der Waals surface area contributed by atoms with Crippen molar-refractivity contribution in [2.24, 2.45) is 0 Å². The van der Waals surface area contributed by atoms with E-state index in [-0.39, 0.29) is 12.4 Å². The van der Waals surface area contributed by atoms with Crippen molar-refractivity contribution < 1.29 is 19.4 Å². The van der Waals surface area contributed by atoms with Crippen LogP contribution >= 0.6 is 0 Å². The van der Waals surface area contributed by atoms with E-state index in [9.17, 15) is 9.59 Å². The standard InChI is InChI=1S/C11H18N4O4/c1-11(2,3)19-10(18)15-7(8(16)17)4-6-5-13-9(12)14-6/h5,7H,4H2,1-3H3,(H,15,18)(H,16,17)(H3,12,13,14)/t7-/m0/s1. The molecule has 0 aliphatic heterocycles. The Labute approximate surface area is 110 Å². The lowest BCUT2D eigenvalue weighted by molar-refractivity contribution is -0.139. The zero-order valence-electron chi connectivity index (χ0n) is 11.1. The molecule has 1 aromatic heterocycles.